The van der Waals surface area contributed by atoms with Crippen LogP contribution in [0.4, 0.5) is 9.18 Å². The zero-order valence-corrected chi connectivity index (χ0v) is 18.7. The summed E-state index contributed by atoms with van der Waals surface area (Å²) < 4.78 is 17.9. The fourth-order valence-corrected chi connectivity index (χ4v) is 3.90. The van der Waals surface area contributed by atoms with E-state index in [9.17, 15) is 14.0 Å². The average Bonchev–Trinajstić information content (AvgIpc) is 2.80. The zero-order chi connectivity index (χ0) is 23.3. The van der Waals surface area contributed by atoms with Gasteiger partial charge in [0.15, 0.2) is 0 Å². The van der Waals surface area contributed by atoms with E-state index in [-0.39, 0.29) is 24.3 Å². The molecular weight excluding hydrogens is 409 g/mol. The molecule has 2 rings (SSSR count). The number of carbonyl (C=O) groups is 2. The Morgan fingerprint density at radius 2 is 2.19 bits per heavy atom. The van der Waals surface area contributed by atoms with E-state index in [1.165, 1.54) is 12.2 Å². The lowest BCUT2D eigenvalue weighted by Gasteiger charge is -2.39. The van der Waals surface area contributed by atoms with Crippen LogP contribution in [0.15, 0.2) is 54.5 Å². The predicted octanol–water partition coefficient (Wildman–Crippen LogP) is 4.75. The first-order chi connectivity index (χ1) is 15.4. The second kappa shape index (κ2) is 13.2. The van der Waals surface area contributed by atoms with Crippen LogP contribution in [0.1, 0.15) is 37.9 Å². The summed E-state index contributed by atoms with van der Waals surface area (Å²) in [5.74, 6) is 0.594. The van der Waals surface area contributed by atoms with Crippen molar-refractivity contribution in [2.45, 2.75) is 26.7 Å². The highest BCUT2D eigenvalue weighted by molar-refractivity contribution is 5.64. The lowest BCUT2D eigenvalue weighted by molar-refractivity contribution is -0.121. The van der Waals surface area contributed by atoms with Crippen molar-refractivity contribution in [1.29, 1.82) is 0 Å². The third kappa shape index (κ3) is 8.49. The zero-order valence-electron chi connectivity index (χ0n) is 18.7. The Bertz CT molecular complexity index is 862. The summed E-state index contributed by atoms with van der Waals surface area (Å²) in [7, 11) is 0. The Balaban J connectivity index is 1.96. The molecule has 1 aromatic heterocycles. The Morgan fingerprint density at radius 3 is 2.84 bits per heavy atom. The molecule has 0 bridgehead atoms. The second-order valence-corrected chi connectivity index (χ2v) is 7.90. The summed E-state index contributed by atoms with van der Waals surface area (Å²) >= 11 is 0. The van der Waals surface area contributed by atoms with Crippen molar-refractivity contribution in [3.63, 3.8) is 0 Å². The van der Waals surface area contributed by atoms with E-state index in [0.717, 1.165) is 30.6 Å². The number of allylic oxidation sites excluding steroid dienone is 6. The fraction of sp³-hybridized carbons (Fsp3) is 0.400. The Kier molecular flexibility index (Phi) is 10.4. The van der Waals surface area contributed by atoms with Crippen molar-refractivity contribution < 1.29 is 18.7 Å². The highest BCUT2D eigenvalue weighted by atomic mass is 19.1. The van der Waals surface area contributed by atoms with Gasteiger partial charge in [-0.3, -0.25) is 9.78 Å². The number of halogens is 1. The minimum Gasteiger partial charge on any atom is -0.450 e. The maximum Gasteiger partial charge on any atom is 0.404 e. The number of amides is 2. The first-order valence-corrected chi connectivity index (χ1v) is 10.8. The van der Waals surface area contributed by atoms with Crippen LogP contribution in [0.5, 0.6) is 0 Å². The molecule has 0 radical (unpaired) electrons. The van der Waals surface area contributed by atoms with Crippen molar-refractivity contribution in [3.05, 3.63) is 65.8 Å². The lowest BCUT2D eigenvalue weighted by atomic mass is 9.76. The van der Waals surface area contributed by atoms with Gasteiger partial charge in [-0.25, -0.2) is 9.18 Å². The Labute approximate surface area is 189 Å². The Morgan fingerprint density at radius 1 is 1.38 bits per heavy atom. The number of primary amides is 1. The molecular formula is C25H32FN3O3. The van der Waals surface area contributed by atoms with Crippen LogP contribution >= 0.6 is 0 Å². The number of carbonyl (C=O) groups excluding carboxylic acids is 2. The molecule has 1 aliphatic rings. The summed E-state index contributed by atoms with van der Waals surface area (Å²) in [4.78, 5) is 28.3. The molecule has 1 unspecified atom stereocenters. The molecule has 6 nitrogen and oxygen atoms in total. The van der Waals surface area contributed by atoms with Crippen LogP contribution in [-0.2, 0) is 9.53 Å². The molecule has 1 fully saturated rings. The van der Waals surface area contributed by atoms with E-state index < -0.39 is 6.09 Å². The molecule has 2 N–H and O–H groups in total. The van der Waals surface area contributed by atoms with Crippen LogP contribution in [0.2, 0.25) is 0 Å². The molecule has 0 saturated carbocycles. The van der Waals surface area contributed by atoms with Gasteiger partial charge in [-0.1, -0.05) is 43.4 Å². The molecule has 1 aromatic rings. The third-order valence-corrected chi connectivity index (χ3v) is 5.69. The van der Waals surface area contributed by atoms with Gasteiger partial charge in [0, 0.05) is 19.3 Å². The summed E-state index contributed by atoms with van der Waals surface area (Å²) in [6.07, 6.45) is 15.7. The highest BCUT2D eigenvalue weighted by Gasteiger charge is 2.31. The number of hydrogen-bond donors (Lipinski definition) is 1. The van der Waals surface area contributed by atoms with Gasteiger partial charge in [0.2, 0.25) is 6.41 Å². The molecule has 32 heavy (non-hydrogen) atoms. The SMILES string of the molecule is C\C=C(F)/C=C\C=C\c1ccc(/C=C/[C@H](C)[C@@H]2CCN(C=O)CC2CCOC(N)=O)nc1. The van der Waals surface area contributed by atoms with Crippen LogP contribution in [-0.4, -0.2) is 42.1 Å². The van der Waals surface area contributed by atoms with E-state index in [2.05, 4.69) is 18.0 Å². The first-order valence-electron chi connectivity index (χ1n) is 10.8. The van der Waals surface area contributed by atoms with E-state index in [4.69, 9.17) is 10.5 Å². The molecule has 0 aromatic carbocycles. The van der Waals surface area contributed by atoms with Crippen molar-refractivity contribution in [2.24, 2.45) is 23.5 Å². The van der Waals surface area contributed by atoms with Crippen molar-refractivity contribution in [3.8, 4) is 0 Å². The van der Waals surface area contributed by atoms with E-state index in [1.54, 1.807) is 30.2 Å². The predicted molar refractivity (Wildman–Crippen MR) is 125 cm³/mol. The molecule has 172 valence electrons. The van der Waals surface area contributed by atoms with Gasteiger partial charge in [-0.15, -0.1) is 0 Å². The monoisotopic (exact) mass is 441 g/mol. The minimum absolute atomic E-state index is 0.230. The molecule has 1 saturated heterocycles. The summed E-state index contributed by atoms with van der Waals surface area (Å²) in [5.41, 5.74) is 6.84. The van der Waals surface area contributed by atoms with E-state index in [1.807, 2.05) is 24.3 Å². The number of likely N-dealkylation sites (tertiary alicyclic amines) is 1. The Hall–Kier alpha value is -3.22. The number of aromatic nitrogens is 1. The summed E-state index contributed by atoms with van der Waals surface area (Å²) in [6.45, 7) is 5.44. The lowest BCUT2D eigenvalue weighted by Crippen LogP contribution is -2.42. The molecule has 2 heterocycles. The van der Waals surface area contributed by atoms with Crippen molar-refractivity contribution >= 4 is 24.7 Å². The van der Waals surface area contributed by atoms with Crippen LogP contribution < -0.4 is 5.73 Å². The maximum atomic E-state index is 13.0. The maximum absolute atomic E-state index is 13.0. The number of ether oxygens (including phenoxy) is 1. The molecule has 1 aliphatic heterocycles. The standard InChI is InChI=1S/C25H32FN3O3/c1-3-22(26)7-5-4-6-20-9-11-23(28-16-20)10-8-19(2)24-12-14-29(18-30)17-21(24)13-15-32-25(27)31/h3-11,16,18-19,21,24H,12-15,17H2,1-2H3,(H2,27,31)/b6-4+,7-5-,10-8+,22-3+/t19-,21?,24-/m0/s1. The number of nitrogens with zero attached hydrogens (tertiary/aromatic N) is 2. The van der Waals surface area contributed by atoms with Gasteiger partial charge in [-0.2, -0.15) is 0 Å². The number of rotatable bonds is 10. The van der Waals surface area contributed by atoms with E-state index in [0.29, 0.717) is 18.9 Å². The number of hydrogen-bond acceptors (Lipinski definition) is 4. The van der Waals surface area contributed by atoms with Gasteiger partial charge in [-0.05, 0) is 61.3 Å². The van der Waals surface area contributed by atoms with Crippen LogP contribution in [0.3, 0.4) is 0 Å². The third-order valence-electron chi connectivity index (χ3n) is 5.69. The summed E-state index contributed by atoms with van der Waals surface area (Å²) in [6, 6.07) is 3.90. The average molecular weight is 442 g/mol. The van der Waals surface area contributed by atoms with Crippen LogP contribution in [0.25, 0.3) is 12.2 Å². The fourth-order valence-electron chi connectivity index (χ4n) is 3.90. The van der Waals surface area contributed by atoms with Gasteiger partial charge < -0.3 is 15.4 Å². The van der Waals surface area contributed by atoms with Gasteiger partial charge in [0.05, 0.1) is 12.3 Å². The number of pyridine rings is 1. The van der Waals surface area contributed by atoms with E-state index >= 15 is 0 Å². The van der Waals surface area contributed by atoms with Crippen molar-refractivity contribution in [1.82, 2.24) is 9.88 Å². The molecule has 0 spiro atoms. The second-order valence-electron chi connectivity index (χ2n) is 7.90. The first kappa shape index (κ1) is 25.0. The molecule has 7 heteroatoms. The summed E-state index contributed by atoms with van der Waals surface area (Å²) in [5, 5.41) is 0. The van der Waals surface area contributed by atoms with Crippen LogP contribution in [0, 0.1) is 17.8 Å². The number of piperidine rings is 1. The normalized spacial score (nSPS) is 20.8. The van der Waals surface area contributed by atoms with Gasteiger partial charge in [0.1, 0.15) is 5.83 Å². The highest BCUT2D eigenvalue weighted by Crippen LogP contribution is 2.33. The van der Waals surface area contributed by atoms with Gasteiger partial charge >= 0.3 is 6.09 Å². The molecule has 3 atom stereocenters. The quantitative estimate of drug-likeness (QED) is 0.419. The topological polar surface area (TPSA) is 85.5 Å². The smallest absolute Gasteiger partial charge is 0.404 e. The van der Waals surface area contributed by atoms with Crippen molar-refractivity contribution in [2.75, 3.05) is 19.7 Å². The number of nitrogens with two attached hydrogens (primary N) is 1. The largest absolute Gasteiger partial charge is 0.450 e. The molecule has 2 amide bonds. The molecule has 0 aliphatic carbocycles. The van der Waals surface area contributed by atoms with Gasteiger partial charge in [0.25, 0.3) is 0 Å². The minimum atomic E-state index is -0.775.